The third-order valence-corrected chi connectivity index (χ3v) is 8.62. The summed E-state index contributed by atoms with van der Waals surface area (Å²) in [5.74, 6) is -0.140. The quantitative estimate of drug-likeness (QED) is 0.131. The van der Waals surface area contributed by atoms with Gasteiger partial charge in [-0.2, -0.15) is 5.26 Å². The molecule has 0 radical (unpaired) electrons. The first-order valence-electron chi connectivity index (χ1n) is 13.5. The van der Waals surface area contributed by atoms with Crippen LogP contribution in [0, 0.1) is 11.3 Å². The number of nitriles is 1. The molecule has 0 atom stereocenters. The van der Waals surface area contributed by atoms with E-state index in [0.29, 0.717) is 40.4 Å². The van der Waals surface area contributed by atoms with Crippen molar-refractivity contribution in [3.8, 4) is 6.07 Å². The second kappa shape index (κ2) is 14.8. The molecule has 2 N–H and O–H groups in total. The minimum absolute atomic E-state index is 0.140. The molecule has 0 bridgehead atoms. The molecule has 0 fully saturated rings. The summed E-state index contributed by atoms with van der Waals surface area (Å²) < 4.78 is 1.93. The molecule has 43 heavy (non-hydrogen) atoms. The number of thioether (sulfide) groups is 1. The molecular formula is C32H32Cl2N6OS2. The van der Waals surface area contributed by atoms with Gasteiger partial charge in [-0.15, -0.1) is 11.8 Å². The number of rotatable bonds is 11. The number of aromatic nitrogens is 2. The minimum Gasteiger partial charge on any atom is -0.349 e. The zero-order valence-electron chi connectivity index (χ0n) is 24.1. The summed E-state index contributed by atoms with van der Waals surface area (Å²) in [5, 5.41) is 17.0. The van der Waals surface area contributed by atoms with Crippen molar-refractivity contribution in [1.29, 1.82) is 5.26 Å². The largest absolute Gasteiger partial charge is 0.349 e. The minimum atomic E-state index is -0.658. The zero-order valence-corrected chi connectivity index (χ0v) is 27.2. The maximum absolute atomic E-state index is 13.3. The molecule has 1 aromatic heterocycles. The van der Waals surface area contributed by atoms with Gasteiger partial charge in [0, 0.05) is 42.1 Å². The Balaban J connectivity index is 1.46. The van der Waals surface area contributed by atoms with E-state index in [2.05, 4.69) is 21.7 Å². The molecule has 0 saturated carbocycles. The molecule has 0 aliphatic carbocycles. The van der Waals surface area contributed by atoms with Crippen molar-refractivity contribution in [3.05, 3.63) is 112 Å². The maximum atomic E-state index is 13.3. The SMILES string of the molecule is CSc1ccc(NC(=S)N(Cc2cccc(Cl)c2Cl)CC(C)(C)NC(=O)Cc2cncn2Cc2ccc(C#N)cc2)cc1. The van der Waals surface area contributed by atoms with E-state index < -0.39 is 5.54 Å². The number of hydrogen-bond acceptors (Lipinski definition) is 5. The molecule has 0 saturated heterocycles. The van der Waals surface area contributed by atoms with E-state index in [1.54, 1.807) is 42.5 Å². The lowest BCUT2D eigenvalue weighted by Gasteiger charge is -2.35. The summed E-state index contributed by atoms with van der Waals surface area (Å²) in [6, 6.07) is 23.0. The van der Waals surface area contributed by atoms with Crippen LogP contribution in [0.5, 0.6) is 0 Å². The van der Waals surface area contributed by atoms with Crippen molar-refractivity contribution in [2.75, 3.05) is 18.1 Å². The van der Waals surface area contributed by atoms with Crippen LogP contribution < -0.4 is 10.6 Å². The topological polar surface area (TPSA) is 86.0 Å². The molecule has 3 aromatic carbocycles. The van der Waals surface area contributed by atoms with Crippen LogP contribution in [0.15, 0.2) is 84.1 Å². The summed E-state index contributed by atoms with van der Waals surface area (Å²) in [6.45, 7) is 5.26. The first-order valence-corrected chi connectivity index (χ1v) is 15.9. The highest BCUT2D eigenvalue weighted by atomic mass is 35.5. The van der Waals surface area contributed by atoms with Gasteiger partial charge in [-0.3, -0.25) is 4.79 Å². The molecule has 4 rings (SSSR count). The van der Waals surface area contributed by atoms with E-state index in [-0.39, 0.29) is 12.3 Å². The van der Waals surface area contributed by atoms with Crippen molar-refractivity contribution >= 4 is 63.9 Å². The Bertz CT molecular complexity index is 1610. The fourth-order valence-corrected chi connectivity index (χ4v) is 5.61. The monoisotopic (exact) mass is 650 g/mol. The summed E-state index contributed by atoms with van der Waals surface area (Å²) in [4.78, 5) is 20.7. The molecule has 0 spiro atoms. The smallest absolute Gasteiger partial charge is 0.226 e. The van der Waals surface area contributed by atoms with Crippen LogP contribution in [-0.4, -0.2) is 43.8 Å². The Morgan fingerprint density at radius 1 is 1.12 bits per heavy atom. The van der Waals surface area contributed by atoms with Crippen molar-refractivity contribution in [3.63, 3.8) is 0 Å². The zero-order chi connectivity index (χ0) is 31.0. The highest BCUT2D eigenvalue weighted by Crippen LogP contribution is 2.27. The van der Waals surface area contributed by atoms with E-state index >= 15 is 0 Å². The number of carbonyl (C=O) groups excluding carboxylic acids is 1. The summed E-state index contributed by atoms with van der Waals surface area (Å²) in [7, 11) is 0. The molecule has 222 valence electrons. The van der Waals surface area contributed by atoms with E-state index in [4.69, 9.17) is 40.7 Å². The fraction of sp³-hybridized carbons (Fsp3) is 0.250. The van der Waals surface area contributed by atoms with Crippen LogP contribution in [0.25, 0.3) is 0 Å². The normalized spacial score (nSPS) is 11.1. The lowest BCUT2D eigenvalue weighted by molar-refractivity contribution is -0.122. The average molecular weight is 652 g/mol. The number of halogens is 2. The van der Waals surface area contributed by atoms with Gasteiger partial charge in [0.05, 0.1) is 40.0 Å². The van der Waals surface area contributed by atoms with E-state index in [9.17, 15) is 4.79 Å². The Morgan fingerprint density at radius 2 is 1.84 bits per heavy atom. The van der Waals surface area contributed by atoms with Crippen LogP contribution in [0.1, 0.15) is 36.2 Å². The Labute approximate surface area is 272 Å². The van der Waals surface area contributed by atoms with E-state index in [0.717, 1.165) is 27.4 Å². The van der Waals surface area contributed by atoms with Crippen molar-refractivity contribution < 1.29 is 4.79 Å². The molecule has 1 heterocycles. The number of thiocarbonyl (C=S) groups is 1. The van der Waals surface area contributed by atoms with Crippen LogP contribution in [0.4, 0.5) is 5.69 Å². The van der Waals surface area contributed by atoms with Gasteiger partial charge in [0.15, 0.2) is 5.11 Å². The predicted octanol–water partition coefficient (Wildman–Crippen LogP) is 7.17. The Morgan fingerprint density at radius 3 is 2.51 bits per heavy atom. The van der Waals surface area contributed by atoms with Crippen molar-refractivity contribution in [2.45, 2.75) is 43.8 Å². The van der Waals surface area contributed by atoms with Crippen LogP contribution in [0.3, 0.4) is 0 Å². The van der Waals surface area contributed by atoms with E-state index in [1.165, 1.54) is 0 Å². The van der Waals surface area contributed by atoms with Crippen LogP contribution in [0.2, 0.25) is 10.0 Å². The number of carbonyl (C=O) groups is 1. The van der Waals surface area contributed by atoms with Gasteiger partial charge in [-0.05, 0) is 85.9 Å². The molecule has 7 nitrogen and oxygen atoms in total. The second-order valence-corrected chi connectivity index (χ2v) is 12.7. The Hall–Kier alpha value is -3.55. The lowest BCUT2D eigenvalue weighted by Crippen LogP contribution is -2.53. The number of nitrogens with one attached hydrogen (secondary N) is 2. The van der Waals surface area contributed by atoms with E-state index in [1.807, 2.05) is 78.1 Å². The van der Waals surface area contributed by atoms with Crippen molar-refractivity contribution in [1.82, 2.24) is 19.8 Å². The number of anilines is 1. The molecule has 11 heteroatoms. The van der Waals surface area contributed by atoms with Gasteiger partial charge in [-0.25, -0.2) is 4.98 Å². The highest BCUT2D eigenvalue weighted by molar-refractivity contribution is 7.98. The van der Waals surface area contributed by atoms with Gasteiger partial charge in [0.1, 0.15) is 0 Å². The fourth-order valence-electron chi connectivity index (χ4n) is 4.57. The summed E-state index contributed by atoms with van der Waals surface area (Å²) in [5.41, 5.74) is 3.43. The number of imidazole rings is 1. The van der Waals surface area contributed by atoms with Crippen molar-refractivity contribution in [2.24, 2.45) is 0 Å². The van der Waals surface area contributed by atoms with Gasteiger partial charge in [-0.1, -0.05) is 47.5 Å². The molecular weight excluding hydrogens is 619 g/mol. The molecule has 0 aliphatic rings. The predicted molar refractivity (Wildman–Crippen MR) is 180 cm³/mol. The van der Waals surface area contributed by atoms with Gasteiger partial charge < -0.3 is 20.1 Å². The molecule has 0 unspecified atom stereocenters. The third kappa shape index (κ3) is 9.22. The van der Waals surface area contributed by atoms with Gasteiger partial charge in [0.2, 0.25) is 5.91 Å². The number of amides is 1. The molecule has 1 amide bonds. The van der Waals surface area contributed by atoms with Gasteiger partial charge >= 0.3 is 0 Å². The van der Waals surface area contributed by atoms with Crippen LogP contribution in [-0.2, 0) is 24.3 Å². The lowest BCUT2D eigenvalue weighted by atomic mass is 10.0. The summed E-state index contributed by atoms with van der Waals surface area (Å²) >= 11 is 20.4. The first kappa shape index (κ1) is 32.4. The second-order valence-electron chi connectivity index (χ2n) is 10.7. The van der Waals surface area contributed by atoms with Crippen LogP contribution >= 0.6 is 47.2 Å². The van der Waals surface area contributed by atoms with Gasteiger partial charge in [0.25, 0.3) is 0 Å². The first-order chi connectivity index (χ1) is 20.6. The average Bonchev–Trinajstić information content (AvgIpc) is 3.41. The molecule has 4 aromatic rings. The summed E-state index contributed by atoms with van der Waals surface area (Å²) in [6.07, 6.45) is 5.59. The number of benzene rings is 3. The number of nitrogens with zero attached hydrogens (tertiary/aromatic N) is 4. The maximum Gasteiger partial charge on any atom is 0.226 e. The molecule has 0 aliphatic heterocycles. The highest BCUT2D eigenvalue weighted by Gasteiger charge is 2.27. The Kier molecular flexibility index (Phi) is 11.1. The third-order valence-electron chi connectivity index (χ3n) is 6.66. The number of hydrogen-bond donors (Lipinski definition) is 2. The standard InChI is InChI=1S/C32H32Cl2N6OS2/c1-32(2,38-29(41)15-26-17-36-21-40(26)18-23-9-7-22(16-35)8-10-23)20-39(19-24-5-4-6-28(33)30(24)34)31(42)37-25-11-13-27(43-3)14-12-25/h4-14,17,21H,15,18-20H2,1-3H3,(H,37,42)(H,38,41).